The zero-order valence-electron chi connectivity index (χ0n) is 12.6. The lowest BCUT2D eigenvalue weighted by molar-refractivity contribution is 0.0954. The first-order valence-corrected chi connectivity index (χ1v) is 9.10. The molecule has 0 unspecified atom stereocenters. The third-order valence-corrected chi connectivity index (χ3v) is 5.61. The topological polar surface area (TPSA) is 54.9 Å². The minimum atomic E-state index is -0.109. The van der Waals surface area contributed by atoms with Crippen molar-refractivity contribution < 1.29 is 4.79 Å². The van der Waals surface area contributed by atoms with E-state index in [0.29, 0.717) is 11.4 Å². The highest BCUT2D eigenvalue weighted by molar-refractivity contribution is 7.19. The summed E-state index contributed by atoms with van der Waals surface area (Å²) in [7, 11) is 0. The van der Waals surface area contributed by atoms with Gasteiger partial charge in [0.2, 0.25) is 0 Å². The standard InChI is InChI=1S/C18H13N3OS2/c22-17(20-9-12-4-3-7-19-8-12)16-10-21-18(24-16)14-11-23-15-6-2-1-5-13(14)15/h1-8,10-11H,9H2,(H,20,22). The SMILES string of the molecule is O=C(NCc1cccnc1)c1cnc(-c2csc3ccccc23)s1. The molecule has 118 valence electrons. The minimum absolute atomic E-state index is 0.109. The number of pyridine rings is 1. The Hall–Kier alpha value is -2.57. The van der Waals surface area contributed by atoms with Crippen molar-refractivity contribution in [1.29, 1.82) is 0 Å². The number of benzene rings is 1. The number of thiophene rings is 1. The number of fused-ring (bicyclic) bond motifs is 1. The van der Waals surface area contributed by atoms with Crippen LogP contribution in [0, 0.1) is 0 Å². The van der Waals surface area contributed by atoms with Crippen molar-refractivity contribution in [2.45, 2.75) is 6.54 Å². The Labute approximate surface area is 146 Å². The van der Waals surface area contributed by atoms with Crippen molar-refractivity contribution in [3.05, 3.63) is 70.8 Å². The predicted molar refractivity (Wildman–Crippen MR) is 98.3 cm³/mol. The Bertz CT molecular complexity index is 992. The van der Waals surface area contributed by atoms with Crippen LogP contribution in [0.4, 0.5) is 0 Å². The summed E-state index contributed by atoms with van der Waals surface area (Å²) < 4.78 is 1.23. The highest BCUT2D eigenvalue weighted by Crippen LogP contribution is 2.35. The van der Waals surface area contributed by atoms with Gasteiger partial charge < -0.3 is 5.32 Å². The molecule has 0 aliphatic carbocycles. The smallest absolute Gasteiger partial charge is 0.263 e. The fourth-order valence-electron chi connectivity index (χ4n) is 2.42. The van der Waals surface area contributed by atoms with E-state index in [-0.39, 0.29) is 5.91 Å². The first-order chi connectivity index (χ1) is 11.8. The van der Waals surface area contributed by atoms with Gasteiger partial charge in [-0.2, -0.15) is 0 Å². The highest BCUT2D eigenvalue weighted by atomic mass is 32.1. The Morgan fingerprint density at radius 1 is 1.12 bits per heavy atom. The number of nitrogens with zero attached hydrogens (tertiary/aromatic N) is 2. The Morgan fingerprint density at radius 2 is 2.04 bits per heavy atom. The van der Waals surface area contributed by atoms with Gasteiger partial charge in [0.15, 0.2) is 0 Å². The van der Waals surface area contributed by atoms with E-state index in [4.69, 9.17) is 0 Å². The third kappa shape index (κ3) is 2.93. The normalized spacial score (nSPS) is 10.8. The summed E-state index contributed by atoms with van der Waals surface area (Å²) in [4.78, 5) is 21.4. The zero-order valence-corrected chi connectivity index (χ0v) is 14.2. The van der Waals surface area contributed by atoms with Crippen LogP contribution in [0.15, 0.2) is 60.4 Å². The van der Waals surface area contributed by atoms with Crippen molar-refractivity contribution in [3.63, 3.8) is 0 Å². The van der Waals surface area contributed by atoms with E-state index in [1.165, 1.54) is 21.4 Å². The molecule has 4 aromatic rings. The van der Waals surface area contributed by atoms with Crippen LogP contribution in [0.2, 0.25) is 0 Å². The lowest BCUT2D eigenvalue weighted by atomic mass is 10.2. The van der Waals surface area contributed by atoms with Gasteiger partial charge in [0.05, 0.1) is 6.20 Å². The monoisotopic (exact) mass is 351 g/mol. The average Bonchev–Trinajstić information content (AvgIpc) is 3.27. The number of hydrogen-bond donors (Lipinski definition) is 1. The van der Waals surface area contributed by atoms with Crippen LogP contribution < -0.4 is 5.32 Å². The van der Waals surface area contributed by atoms with Gasteiger partial charge >= 0.3 is 0 Å². The van der Waals surface area contributed by atoms with E-state index in [1.807, 2.05) is 24.3 Å². The van der Waals surface area contributed by atoms with E-state index >= 15 is 0 Å². The molecular weight excluding hydrogens is 338 g/mol. The summed E-state index contributed by atoms with van der Waals surface area (Å²) in [5, 5.41) is 7.06. The van der Waals surface area contributed by atoms with E-state index in [1.54, 1.807) is 29.9 Å². The van der Waals surface area contributed by atoms with Gasteiger partial charge in [-0.3, -0.25) is 9.78 Å². The van der Waals surface area contributed by atoms with Crippen LogP contribution in [0.1, 0.15) is 15.2 Å². The molecule has 4 nitrogen and oxygen atoms in total. The molecule has 0 aliphatic rings. The molecule has 1 aromatic carbocycles. The maximum atomic E-state index is 12.3. The number of rotatable bonds is 4. The van der Waals surface area contributed by atoms with Crippen LogP contribution >= 0.6 is 22.7 Å². The molecule has 3 heterocycles. The molecule has 4 rings (SSSR count). The molecule has 0 fully saturated rings. The molecule has 24 heavy (non-hydrogen) atoms. The van der Waals surface area contributed by atoms with Crippen molar-refractivity contribution >= 4 is 38.7 Å². The minimum Gasteiger partial charge on any atom is -0.347 e. The van der Waals surface area contributed by atoms with Crippen LogP contribution in [0.3, 0.4) is 0 Å². The summed E-state index contributed by atoms with van der Waals surface area (Å²) in [6.07, 6.45) is 5.10. The number of aromatic nitrogens is 2. The van der Waals surface area contributed by atoms with Crippen molar-refractivity contribution in [2.75, 3.05) is 0 Å². The average molecular weight is 351 g/mol. The fourth-order valence-corrected chi connectivity index (χ4v) is 4.30. The lowest BCUT2D eigenvalue weighted by Gasteiger charge is -2.02. The maximum Gasteiger partial charge on any atom is 0.263 e. The fraction of sp³-hybridized carbons (Fsp3) is 0.0556. The number of carbonyl (C=O) groups excluding carboxylic acids is 1. The number of carbonyl (C=O) groups is 1. The second-order valence-electron chi connectivity index (χ2n) is 5.22. The number of amides is 1. The Balaban J connectivity index is 1.53. The summed E-state index contributed by atoms with van der Waals surface area (Å²) >= 11 is 3.11. The van der Waals surface area contributed by atoms with Gasteiger partial charge in [-0.1, -0.05) is 24.3 Å². The second kappa shape index (κ2) is 6.51. The second-order valence-corrected chi connectivity index (χ2v) is 7.16. The molecule has 1 amide bonds. The van der Waals surface area contributed by atoms with Crippen LogP contribution in [0.25, 0.3) is 20.7 Å². The molecule has 1 N–H and O–H groups in total. The van der Waals surface area contributed by atoms with Gasteiger partial charge in [-0.25, -0.2) is 4.98 Å². The molecule has 0 saturated carbocycles. The molecule has 6 heteroatoms. The van der Waals surface area contributed by atoms with Crippen LogP contribution in [-0.4, -0.2) is 15.9 Å². The molecule has 0 atom stereocenters. The number of hydrogen-bond acceptors (Lipinski definition) is 5. The summed E-state index contributed by atoms with van der Waals surface area (Å²) in [6.45, 7) is 0.460. The first-order valence-electron chi connectivity index (χ1n) is 7.41. The molecule has 3 aromatic heterocycles. The molecule has 0 aliphatic heterocycles. The molecule has 0 radical (unpaired) electrons. The third-order valence-electron chi connectivity index (χ3n) is 3.62. The van der Waals surface area contributed by atoms with Crippen LogP contribution in [0.5, 0.6) is 0 Å². The predicted octanol–water partition coefficient (Wildman–Crippen LogP) is 4.35. The van der Waals surface area contributed by atoms with Gasteiger partial charge in [-0.15, -0.1) is 22.7 Å². The molecule has 0 spiro atoms. The lowest BCUT2D eigenvalue weighted by Crippen LogP contribution is -2.21. The molecule has 0 saturated heterocycles. The highest BCUT2D eigenvalue weighted by Gasteiger charge is 2.14. The van der Waals surface area contributed by atoms with Gasteiger partial charge in [-0.05, 0) is 17.7 Å². The van der Waals surface area contributed by atoms with Crippen LogP contribution in [-0.2, 0) is 6.54 Å². The van der Waals surface area contributed by atoms with Crippen molar-refractivity contribution in [3.8, 4) is 10.6 Å². The van der Waals surface area contributed by atoms with Gasteiger partial charge in [0, 0.05) is 40.0 Å². The van der Waals surface area contributed by atoms with Crippen molar-refractivity contribution in [2.24, 2.45) is 0 Å². The van der Waals surface area contributed by atoms with E-state index in [9.17, 15) is 4.79 Å². The van der Waals surface area contributed by atoms with E-state index in [2.05, 4.69) is 32.8 Å². The van der Waals surface area contributed by atoms with Crippen molar-refractivity contribution in [1.82, 2.24) is 15.3 Å². The first kappa shape index (κ1) is 15.0. The maximum absolute atomic E-state index is 12.3. The number of nitrogens with one attached hydrogen (secondary N) is 1. The summed E-state index contributed by atoms with van der Waals surface area (Å²) in [5.74, 6) is -0.109. The van der Waals surface area contributed by atoms with Gasteiger partial charge in [0.1, 0.15) is 9.88 Å². The number of thiazole rings is 1. The quantitative estimate of drug-likeness (QED) is 0.595. The van der Waals surface area contributed by atoms with E-state index < -0.39 is 0 Å². The largest absolute Gasteiger partial charge is 0.347 e. The Kier molecular flexibility index (Phi) is 4.06. The Morgan fingerprint density at radius 3 is 2.92 bits per heavy atom. The van der Waals surface area contributed by atoms with Gasteiger partial charge in [0.25, 0.3) is 5.91 Å². The summed E-state index contributed by atoms with van der Waals surface area (Å²) in [5.41, 5.74) is 2.06. The summed E-state index contributed by atoms with van der Waals surface area (Å²) in [6, 6.07) is 12.0. The molecule has 0 bridgehead atoms. The zero-order chi connectivity index (χ0) is 16.4. The van der Waals surface area contributed by atoms with E-state index in [0.717, 1.165) is 16.1 Å². The molecular formula is C18H13N3OS2.